The number of thiophene rings is 1. The molecule has 3 nitrogen and oxygen atoms in total. The summed E-state index contributed by atoms with van der Waals surface area (Å²) in [5.74, 6) is 0. The lowest BCUT2D eigenvalue weighted by Crippen LogP contribution is -2.38. The molecule has 1 unspecified atom stereocenters. The first-order valence-corrected chi connectivity index (χ1v) is 13.5. The van der Waals surface area contributed by atoms with Crippen LogP contribution in [0.4, 0.5) is 0 Å². The Hall–Kier alpha value is -2.67. The molecule has 6 heteroatoms. The van der Waals surface area contributed by atoms with Crippen molar-refractivity contribution >= 4 is 46.2 Å². The fourth-order valence-electron chi connectivity index (χ4n) is 4.61. The van der Waals surface area contributed by atoms with E-state index in [0.717, 1.165) is 38.3 Å². The first kappa shape index (κ1) is 20.0. The van der Waals surface area contributed by atoms with E-state index >= 15 is 0 Å². The van der Waals surface area contributed by atoms with Gasteiger partial charge in [-0.25, -0.2) is 4.99 Å². The molecule has 4 aromatic rings. The molecule has 3 heterocycles. The number of thioether (sulfide) groups is 1. The fraction of sp³-hybridized carbons (Fsp3) is 0.154. The molecule has 0 radical (unpaired) electrons. The Labute approximate surface area is 198 Å². The van der Waals surface area contributed by atoms with E-state index in [1.807, 2.05) is 28.2 Å². The largest absolute Gasteiger partial charge is 0.272 e. The lowest BCUT2D eigenvalue weighted by molar-refractivity contribution is 0.585. The third-order valence-electron chi connectivity index (χ3n) is 6.12. The molecule has 0 saturated carbocycles. The van der Waals surface area contributed by atoms with Crippen LogP contribution in [-0.2, 0) is 6.42 Å². The first-order chi connectivity index (χ1) is 15.7. The van der Waals surface area contributed by atoms with E-state index in [0.29, 0.717) is 0 Å². The zero-order valence-corrected chi connectivity index (χ0v) is 19.9. The lowest BCUT2D eigenvalue weighted by atomic mass is 9.83. The van der Waals surface area contributed by atoms with Crippen molar-refractivity contribution in [1.29, 1.82) is 0 Å². The van der Waals surface area contributed by atoms with Crippen LogP contribution in [0.3, 0.4) is 0 Å². The van der Waals surface area contributed by atoms with Gasteiger partial charge in [0, 0.05) is 15.3 Å². The van der Waals surface area contributed by atoms with Crippen LogP contribution in [0.15, 0.2) is 86.3 Å². The lowest BCUT2D eigenvalue weighted by Gasteiger charge is -2.30. The normalized spacial score (nSPS) is 17.5. The second kappa shape index (κ2) is 8.03. The maximum Gasteiger partial charge on any atom is 0.271 e. The molecule has 0 bridgehead atoms. The van der Waals surface area contributed by atoms with Gasteiger partial charge in [-0.2, -0.15) is 0 Å². The molecule has 0 amide bonds. The van der Waals surface area contributed by atoms with E-state index in [1.165, 1.54) is 32.9 Å². The SMILES string of the molecule is CSc1ccc(C2C3=C(N=c4sc(=Cc5cccs5)c(=O)n42)c2ccccc2CC3)cc1. The van der Waals surface area contributed by atoms with E-state index in [2.05, 4.69) is 54.8 Å². The molecule has 2 aromatic heterocycles. The molecule has 1 aliphatic heterocycles. The van der Waals surface area contributed by atoms with Crippen LogP contribution in [0.2, 0.25) is 0 Å². The molecular weight excluding hydrogens is 453 g/mol. The van der Waals surface area contributed by atoms with Crippen molar-refractivity contribution in [2.45, 2.75) is 23.8 Å². The number of hydrogen-bond donors (Lipinski definition) is 0. The third kappa shape index (κ3) is 3.25. The zero-order chi connectivity index (χ0) is 21.7. The van der Waals surface area contributed by atoms with Crippen LogP contribution >= 0.6 is 34.4 Å². The smallest absolute Gasteiger partial charge is 0.271 e. The molecule has 1 atom stereocenters. The topological polar surface area (TPSA) is 34.4 Å². The molecule has 0 spiro atoms. The van der Waals surface area contributed by atoms with Crippen molar-refractivity contribution in [3.63, 3.8) is 0 Å². The van der Waals surface area contributed by atoms with Crippen molar-refractivity contribution in [3.05, 3.63) is 113 Å². The van der Waals surface area contributed by atoms with Gasteiger partial charge in [0.15, 0.2) is 4.80 Å². The highest BCUT2D eigenvalue weighted by molar-refractivity contribution is 7.98. The Morgan fingerprint density at radius 1 is 1.06 bits per heavy atom. The fourth-order valence-corrected chi connectivity index (χ4v) is 6.74. The first-order valence-electron chi connectivity index (χ1n) is 10.5. The Morgan fingerprint density at radius 2 is 1.91 bits per heavy atom. The second-order valence-electron chi connectivity index (χ2n) is 7.90. The summed E-state index contributed by atoms with van der Waals surface area (Å²) in [4.78, 5) is 21.8. The molecule has 158 valence electrons. The van der Waals surface area contributed by atoms with Crippen molar-refractivity contribution in [3.8, 4) is 0 Å². The van der Waals surface area contributed by atoms with Gasteiger partial charge in [0.25, 0.3) is 5.56 Å². The summed E-state index contributed by atoms with van der Waals surface area (Å²) >= 11 is 4.87. The van der Waals surface area contributed by atoms with Crippen LogP contribution in [0, 0.1) is 0 Å². The highest BCUT2D eigenvalue weighted by atomic mass is 32.2. The molecule has 2 aliphatic rings. The van der Waals surface area contributed by atoms with Crippen molar-refractivity contribution in [2.24, 2.45) is 4.99 Å². The molecule has 2 aromatic carbocycles. The quantitative estimate of drug-likeness (QED) is 0.389. The summed E-state index contributed by atoms with van der Waals surface area (Å²) in [5, 5.41) is 2.04. The molecule has 0 N–H and O–H groups in total. The van der Waals surface area contributed by atoms with E-state index < -0.39 is 0 Å². The molecule has 32 heavy (non-hydrogen) atoms. The predicted molar refractivity (Wildman–Crippen MR) is 135 cm³/mol. The number of nitrogens with zero attached hydrogens (tertiary/aromatic N) is 2. The number of benzene rings is 2. The van der Waals surface area contributed by atoms with Gasteiger partial charge in [0.2, 0.25) is 0 Å². The monoisotopic (exact) mass is 472 g/mol. The number of thiazole rings is 1. The number of aromatic nitrogens is 1. The van der Waals surface area contributed by atoms with Crippen molar-refractivity contribution in [1.82, 2.24) is 4.57 Å². The number of fused-ring (bicyclic) bond motifs is 3. The van der Waals surface area contributed by atoms with E-state index in [1.54, 1.807) is 23.1 Å². The van der Waals surface area contributed by atoms with Crippen LogP contribution in [0.5, 0.6) is 0 Å². The average molecular weight is 473 g/mol. The highest BCUT2D eigenvalue weighted by Gasteiger charge is 2.32. The summed E-state index contributed by atoms with van der Waals surface area (Å²) in [6.45, 7) is 0. The van der Waals surface area contributed by atoms with Gasteiger partial charge in [0.1, 0.15) is 0 Å². The van der Waals surface area contributed by atoms with E-state index in [9.17, 15) is 4.79 Å². The number of allylic oxidation sites excluding steroid dienone is 1. The van der Waals surface area contributed by atoms with Crippen LogP contribution < -0.4 is 14.9 Å². The third-order valence-corrected chi connectivity index (χ3v) is 8.67. The summed E-state index contributed by atoms with van der Waals surface area (Å²) in [6.07, 6.45) is 5.98. The maximum absolute atomic E-state index is 13.6. The standard InChI is InChI=1S/C26H20N2OS3/c1-30-18-11-8-17(9-12-18)24-21-13-10-16-5-2-3-7-20(16)23(21)27-26-28(24)25(29)22(32-26)15-19-6-4-14-31-19/h2-9,11-12,14-15,24H,10,13H2,1H3. The Balaban J connectivity index is 1.63. The minimum Gasteiger partial charge on any atom is -0.272 e. The summed E-state index contributed by atoms with van der Waals surface area (Å²) in [5.41, 5.74) is 6.03. The van der Waals surface area contributed by atoms with Crippen LogP contribution in [0.25, 0.3) is 11.8 Å². The van der Waals surface area contributed by atoms with Crippen molar-refractivity contribution in [2.75, 3.05) is 6.26 Å². The summed E-state index contributed by atoms with van der Waals surface area (Å²) in [6, 6.07) is 21.1. The Morgan fingerprint density at radius 3 is 2.69 bits per heavy atom. The Kier molecular flexibility index (Phi) is 5.01. The van der Waals surface area contributed by atoms with E-state index in [4.69, 9.17) is 4.99 Å². The average Bonchev–Trinajstić information content (AvgIpc) is 3.46. The second-order valence-corrected chi connectivity index (χ2v) is 10.8. The number of aryl methyl sites for hydroxylation is 1. The maximum atomic E-state index is 13.6. The van der Waals surface area contributed by atoms with Gasteiger partial charge in [-0.05, 0) is 65.5 Å². The van der Waals surface area contributed by atoms with Crippen molar-refractivity contribution < 1.29 is 0 Å². The molecule has 1 aliphatic carbocycles. The molecule has 6 rings (SSSR count). The number of hydrogen-bond acceptors (Lipinski definition) is 5. The molecular formula is C26H20N2OS3. The van der Waals surface area contributed by atoms with Gasteiger partial charge in [0.05, 0.1) is 16.3 Å². The van der Waals surface area contributed by atoms with Gasteiger partial charge in [-0.1, -0.05) is 53.8 Å². The number of rotatable bonds is 3. The zero-order valence-electron chi connectivity index (χ0n) is 17.4. The minimum absolute atomic E-state index is 0.0477. The predicted octanol–water partition coefficient (Wildman–Crippen LogP) is 5.10. The highest BCUT2D eigenvalue weighted by Crippen LogP contribution is 2.41. The van der Waals surface area contributed by atoms with Gasteiger partial charge >= 0.3 is 0 Å². The summed E-state index contributed by atoms with van der Waals surface area (Å²) < 4.78 is 2.66. The Bertz CT molecular complexity index is 1520. The van der Waals surface area contributed by atoms with Crippen LogP contribution in [0.1, 0.15) is 34.0 Å². The van der Waals surface area contributed by atoms with Crippen LogP contribution in [-0.4, -0.2) is 10.8 Å². The molecule has 0 fully saturated rings. The van der Waals surface area contributed by atoms with Gasteiger partial charge in [-0.15, -0.1) is 23.1 Å². The minimum atomic E-state index is -0.115. The van der Waals surface area contributed by atoms with Gasteiger partial charge in [-0.3, -0.25) is 9.36 Å². The van der Waals surface area contributed by atoms with Gasteiger partial charge < -0.3 is 0 Å². The summed E-state index contributed by atoms with van der Waals surface area (Å²) in [7, 11) is 0. The van der Waals surface area contributed by atoms with E-state index in [-0.39, 0.29) is 11.6 Å². The molecule has 0 saturated heterocycles.